The van der Waals surface area contributed by atoms with E-state index in [9.17, 15) is 18.8 Å². The van der Waals surface area contributed by atoms with Crippen molar-refractivity contribution in [2.75, 3.05) is 33.7 Å². The number of nitrogens with zero attached hydrogens (tertiary/aromatic N) is 2. The Morgan fingerprint density at radius 1 is 0.957 bits per heavy atom. The van der Waals surface area contributed by atoms with Crippen LogP contribution in [0.5, 0.6) is 0 Å². The lowest BCUT2D eigenvalue weighted by Gasteiger charge is -2.45. The monoisotopic (exact) mass is 653 g/mol. The zero-order valence-electron chi connectivity index (χ0n) is 27.4. The highest BCUT2D eigenvalue weighted by molar-refractivity contribution is 5.88. The van der Waals surface area contributed by atoms with Gasteiger partial charge in [0.2, 0.25) is 0 Å². The maximum Gasteiger partial charge on any atom is 0.336 e. The van der Waals surface area contributed by atoms with E-state index in [1.165, 1.54) is 74.9 Å². The van der Waals surface area contributed by atoms with Crippen molar-refractivity contribution in [2.24, 2.45) is 0 Å². The standard InChI is InChI=1S/C30H40FN3.C6H8O7/c1-33(2)30(22-23-9-5-3-6-10-23)16-13-24(14-17-30)29-26(15-20-34-18-7-4-8-19-34)27-21-25(31)11-12-28(27)32-29;7-3(8)1-6(13,5(11)12)2-4(9)10/h3,5-6,9-12,21,24,32H,4,7-8,13-20,22H2,1-2H3;13H,1-2H2,(H,7,8)(H,9,10)(H,11,12). The number of aromatic amines is 1. The number of H-pyrrole nitrogens is 1. The van der Waals surface area contributed by atoms with Gasteiger partial charge in [0.15, 0.2) is 5.60 Å². The third-order valence-electron chi connectivity index (χ3n) is 9.96. The molecule has 3 aromatic rings. The minimum Gasteiger partial charge on any atom is -0.481 e. The number of likely N-dealkylation sites (N-methyl/N-ethyl adjacent to an activating group) is 1. The van der Waals surface area contributed by atoms with E-state index < -0.39 is 36.4 Å². The third-order valence-corrected chi connectivity index (χ3v) is 9.96. The first-order valence-electron chi connectivity index (χ1n) is 16.4. The summed E-state index contributed by atoms with van der Waals surface area (Å²) in [4.78, 5) is 39.3. The molecule has 256 valence electrons. The van der Waals surface area contributed by atoms with Gasteiger partial charge in [0.1, 0.15) is 5.82 Å². The lowest BCUT2D eigenvalue weighted by molar-refractivity contribution is -0.170. The fourth-order valence-electron chi connectivity index (χ4n) is 7.23. The molecular weight excluding hydrogens is 605 g/mol. The molecule has 5 rings (SSSR count). The topological polar surface area (TPSA) is 154 Å². The van der Waals surface area contributed by atoms with E-state index in [2.05, 4.69) is 59.2 Å². The molecule has 1 aliphatic carbocycles. The molecule has 0 amide bonds. The lowest BCUT2D eigenvalue weighted by Crippen LogP contribution is -2.48. The van der Waals surface area contributed by atoms with Crippen LogP contribution in [0, 0.1) is 5.82 Å². The fraction of sp³-hybridized carbons (Fsp3) is 0.528. The fourth-order valence-corrected chi connectivity index (χ4v) is 7.23. The highest BCUT2D eigenvalue weighted by Gasteiger charge is 2.41. The van der Waals surface area contributed by atoms with Gasteiger partial charge in [0.05, 0.1) is 12.8 Å². The summed E-state index contributed by atoms with van der Waals surface area (Å²) in [7, 11) is 4.50. The number of hydrogen-bond acceptors (Lipinski definition) is 6. The number of benzene rings is 2. The molecule has 0 atom stereocenters. The first-order chi connectivity index (χ1) is 22.3. The molecule has 2 fully saturated rings. The smallest absolute Gasteiger partial charge is 0.336 e. The number of carboxylic acid groups (broad SMARTS) is 3. The molecule has 1 saturated heterocycles. The van der Waals surface area contributed by atoms with Crippen LogP contribution >= 0.6 is 0 Å². The Morgan fingerprint density at radius 3 is 2.13 bits per heavy atom. The number of aromatic nitrogens is 1. The molecule has 0 radical (unpaired) electrons. The number of aliphatic carboxylic acids is 3. The van der Waals surface area contributed by atoms with Crippen molar-refractivity contribution in [1.29, 1.82) is 0 Å². The summed E-state index contributed by atoms with van der Waals surface area (Å²) < 4.78 is 14.2. The summed E-state index contributed by atoms with van der Waals surface area (Å²) in [5.41, 5.74) is 2.74. The molecule has 2 aromatic carbocycles. The Hall–Kier alpha value is -3.80. The van der Waals surface area contributed by atoms with Crippen LogP contribution in [0.1, 0.15) is 80.5 Å². The molecule has 2 aliphatic rings. The average molecular weight is 654 g/mol. The van der Waals surface area contributed by atoms with Gasteiger partial charge in [-0.05, 0) is 114 Å². The quantitative estimate of drug-likeness (QED) is 0.176. The van der Waals surface area contributed by atoms with Gasteiger partial charge in [-0.15, -0.1) is 0 Å². The number of halogens is 1. The molecule has 5 N–H and O–H groups in total. The lowest BCUT2D eigenvalue weighted by atomic mass is 9.71. The number of likely N-dealkylation sites (tertiary alicyclic amines) is 1. The van der Waals surface area contributed by atoms with Crippen molar-refractivity contribution >= 4 is 28.8 Å². The maximum atomic E-state index is 14.2. The van der Waals surface area contributed by atoms with Crippen LogP contribution < -0.4 is 0 Å². The number of piperidine rings is 1. The van der Waals surface area contributed by atoms with Crippen LogP contribution in [0.4, 0.5) is 4.39 Å². The Labute approximate surface area is 275 Å². The van der Waals surface area contributed by atoms with Gasteiger partial charge in [-0.3, -0.25) is 9.59 Å². The number of hydrogen-bond donors (Lipinski definition) is 5. The second-order valence-electron chi connectivity index (χ2n) is 13.4. The van der Waals surface area contributed by atoms with E-state index in [4.69, 9.17) is 20.4 Å². The number of carboxylic acids is 3. The van der Waals surface area contributed by atoms with E-state index in [1.54, 1.807) is 12.1 Å². The summed E-state index contributed by atoms with van der Waals surface area (Å²) in [6.07, 6.45) is 8.54. The second-order valence-corrected chi connectivity index (χ2v) is 13.4. The minimum atomic E-state index is -2.74. The summed E-state index contributed by atoms with van der Waals surface area (Å²) in [6, 6.07) is 16.2. The molecule has 10 nitrogen and oxygen atoms in total. The van der Waals surface area contributed by atoms with E-state index >= 15 is 0 Å². The van der Waals surface area contributed by atoms with E-state index in [-0.39, 0.29) is 11.4 Å². The number of rotatable bonds is 12. The van der Waals surface area contributed by atoms with Gasteiger partial charge in [-0.25, -0.2) is 9.18 Å². The second kappa shape index (κ2) is 15.9. The minimum absolute atomic E-state index is 0.129. The number of nitrogens with one attached hydrogen (secondary N) is 1. The molecule has 0 spiro atoms. The van der Waals surface area contributed by atoms with E-state index in [1.807, 2.05) is 6.07 Å². The number of carbonyl (C=O) groups is 3. The maximum absolute atomic E-state index is 14.2. The predicted octanol–water partition coefficient (Wildman–Crippen LogP) is 5.29. The summed E-state index contributed by atoms with van der Waals surface area (Å²) in [5, 5.41) is 34.9. The Balaban J connectivity index is 0.000000328. The van der Waals surface area contributed by atoms with Crippen molar-refractivity contribution in [3.63, 3.8) is 0 Å². The van der Waals surface area contributed by atoms with Crippen LogP contribution in [0.2, 0.25) is 0 Å². The van der Waals surface area contributed by atoms with Crippen molar-refractivity contribution < 1.29 is 39.2 Å². The van der Waals surface area contributed by atoms with Crippen molar-refractivity contribution in [1.82, 2.24) is 14.8 Å². The number of fused-ring (bicyclic) bond motifs is 1. The van der Waals surface area contributed by atoms with Gasteiger partial charge >= 0.3 is 17.9 Å². The van der Waals surface area contributed by atoms with Crippen LogP contribution in [0.15, 0.2) is 48.5 Å². The van der Waals surface area contributed by atoms with Gasteiger partial charge in [-0.2, -0.15) is 0 Å². The molecule has 2 heterocycles. The largest absolute Gasteiger partial charge is 0.481 e. The first kappa shape index (κ1) is 36.0. The molecule has 0 unspecified atom stereocenters. The number of aliphatic hydroxyl groups is 1. The van der Waals surface area contributed by atoms with Gasteiger partial charge < -0.3 is 35.2 Å². The van der Waals surface area contributed by atoms with E-state index in [0.29, 0.717) is 5.92 Å². The van der Waals surface area contributed by atoms with Crippen LogP contribution in [-0.4, -0.2) is 98.0 Å². The summed E-state index contributed by atoms with van der Waals surface area (Å²) in [5.74, 6) is -4.62. The highest BCUT2D eigenvalue weighted by atomic mass is 19.1. The summed E-state index contributed by atoms with van der Waals surface area (Å²) in [6.45, 7) is 3.50. The van der Waals surface area contributed by atoms with Crippen molar-refractivity contribution in [3.8, 4) is 0 Å². The van der Waals surface area contributed by atoms with E-state index in [0.717, 1.165) is 30.3 Å². The zero-order chi connectivity index (χ0) is 34.2. The predicted molar refractivity (Wildman–Crippen MR) is 177 cm³/mol. The molecule has 1 aliphatic heterocycles. The van der Waals surface area contributed by atoms with Crippen LogP contribution in [0.3, 0.4) is 0 Å². The van der Waals surface area contributed by atoms with Crippen LogP contribution in [-0.2, 0) is 27.2 Å². The van der Waals surface area contributed by atoms with Gasteiger partial charge in [0, 0.05) is 28.7 Å². The van der Waals surface area contributed by atoms with Gasteiger partial charge in [-0.1, -0.05) is 36.8 Å². The molecular formula is C36H48FN3O7. The summed E-state index contributed by atoms with van der Waals surface area (Å²) >= 11 is 0. The van der Waals surface area contributed by atoms with Crippen molar-refractivity contribution in [2.45, 2.75) is 87.7 Å². The van der Waals surface area contributed by atoms with Gasteiger partial charge in [0.25, 0.3) is 0 Å². The molecule has 1 aromatic heterocycles. The Kier molecular flexibility index (Phi) is 12.2. The molecule has 0 bridgehead atoms. The molecule has 11 heteroatoms. The third kappa shape index (κ3) is 9.39. The Morgan fingerprint density at radius 2 is 1.57 bits per heavy atom. The van der Waals surface area contributed by atoms with Crippen molar-refractivity contribution in [3.05, 3.63) is 71.2 Å². The zero-order valence-corrected chi connectivity index (χ0v) is 27.4. The Bertz CT molecular complexity index is 1490. The molecule has 47 heavy (non-hydrogen) atoms. The molecule has 1 saturated carbocycles. The SMILES string of the molecule is CN(C)C1(Cc2ccccc2)CCC(c2[nH]c3ccc(F)cc3c2CCN2CCCCC2)CC1.O=C(O)CC(O)(CC(=O)O)C(=O)O. The average Bonchev–Trinajstić information content (AvgIpc) is 3.38. The highest BCUT2D eigenvalue weighted by Crippen LogP contribution is 2.44. The normalized spacial score (nSPS) is 20.5. The van der Waals surface area contributed by atoms with Crippen LogP contribution in [0.25, 0.3) is 10.9 Å². The first-order valence-corrected chi connectivity index (χ1v) is 16.4.